The Kier molecular flexibility index (Phi) is 4.73. The standard InChI is InChI=1S/C13H16N4O3S/c1-20-12-5-3-2-4-10(12)8-16-21(18,19)11-6-7-13(17-14)15-9-11/h2-7,9,16H,8,14H2,1H3,(H,15,17). The van der Waals surface area contributed by atoms with Crippen molar-refractivity contribution < 1.29 is 13.2 Å². The van der Waals surface area contributed by atoms with Crippen LogP contribution in [-0.2, 0) is 16.6 Å². The zero-order chi connectivity index (χ0) is 15.3. The molecule has 8 heteroatoms. The largest absolute Gasteiger partial charge is 0.496 e. The fourth-order valence-corrected chi connectivity index (χ4v) is 2.68. The lowest BCUT2D eigenvalue weighted by molar-refractivity contribution is 0.409. The zero-order valence-electron chi connectivity index (χ0n) is 11.4. The van der Waals surface area contributed by atoms with Gasteiger partial charge in [0.1, 0.15) is 16.5 Å². The molecule has 1 aromatic carbocycles. The van der Waals surface area contributed by atoms with E-state index in [1.807, 2.05) is 12.1 Å². The van der Waals surface area contributed by atoms with Gasteiger partial charge in [0.05, 0.1) is 7.11 Å². The summed E-state index contributed by atoms with van der Waals surface area (Å²) in [4.78, 5) is 3.94. The van der Waals surface area contributed by atoms with Crippen molar-refractivity contribution >= 4 is 15.8 Å². The third kappa shape index (κ3) is 3.69. The molecule has 0 amide bonds. The van der Waals surface area contributed by atoms with E-state index in [2.05, 4.69) is 15.1 Å². The zero-order valence-corrected chi connectivity index (χ0v) is 12.2. The average molecular weight is 308 g/mol. The van der Waals surface area contributed by atoms with Crippen LogP contribution in [0.4, 0.5) is 5.82 Å². The topological polar surface area (TPSA) is 106 Å². The van der Waals surface area contributed by atoms with E-state index in [4.69, 9.17) is 10.6 Å². The first-order chi connectivity index (χ1) is 10.1. The van der Waals surface area contributed by atoms with Gasteiger partial charge in [-0.25, -0.2) is 24.0 Å². The van der Waals surface area contributed by atoms with Crippen molar-refractivity contribution in [2.24, 2.45) is 5.84 Å². The minimum absolute atomic E-state index is 0.0661. The number of benzene rings is 1. The van der Waals surface area contributed by atoms with Crippen LogP contribution >= 0.6 is 0 Å². The highest BCUT2D eigenvalue weighted by Gasteiger charge is 2.15. The van der Waals surface area contributed by atoms with Gasteiger partial charge in [0.25, 0.3) is 0 Å². The second-order valence-corrected chi connectivity index (χ2v) is 5.93. The Morgan fingerprint density at radius 2 is 2.00 bits per heavy atom. The van der Waals surface area contributed by atoms with Gasteiger partial charge in [0, 0.05) is 18.3 Å². The molecule has 0 unspecified atom stereocenters. The first kappa shape index (κ1) is 15.2. The van der Waals surface area contributed by atoms with Gasteiger partial charge in [-0.1, -0.05) is 18.2 Å². The number of ether oxygens (including phenoxy) is 1. The second-order valence-electron chi connectivity index (χ2n) is 4.16. The molecule has 2 rings (SSSR count). The van der Waals surface area contributed by atoms with Crippen molar-refractivity contribution in [1.29, 1.82) is 0 Å². The van der Waals surface area contributed by atoms with Crippen LogP contribution in [0.25, 0.3) is 0 Å². The van der Waals surface area contributed by atoms with Crippen molar-refractivity contribution in [3.8, 4) is 5.75 Å². The minimum atomic E-state index is -3.65. The van der Waals surface area contributed by atoms with Gasteiger partial charge in [-0.3, -0.25) is 0 Å². The number of hydrogen-bond donors (Lipinski definition) is 3. The predicted octanol–water partition coefficient (Wildman–Crippen LogP) is 0.854. The molecule has 1 heterocycles. The van der Waals surface area contributed by atoms with Gasteiger partial charge in [-0.15, -0.1) is 0 Å². The second kappa shape index (κ2) is 6.53. The Labute approximate surface area is 123 Å². The molecule has 0 fully saturated rings. The first-order valence-corrected chi connectivity index (χ1v) is 7.59. The maximum atomic E-state index is 12.2. The van der Waals surface area contributed by atoms with Gasteiger partial charge in [-0.05, 0) is 18.2 Å². The van der Waals surface area contributed by atoms with Crippen molar-refractivity contribution in [3.05, 3.63) is 48.2 Å². The summed E-state index contributed by atoms with van der Waals surface area (Å²) in [5.41, 5.74) is 3.08. The lowest BCUT2D eigenvalue weighted by atomic mass is 10.2. The summed E-state index contributed by atoms with van der Waals surface area (Å²) in [5.74, 6) is 6.20. The van der Waals surface area contributed by atoms with Crippen LogP contribution in [0.5, 0.6) is 5.75 Å². The molecular formula is C13H16N4O3S. The van der Waals surface area contributed by atoms with Crippen LogP contribution in [0.1, 0.15) is 5.56 Å². The van der Waals surface area contributed by atoms with Crippen LogP contribution in [-0.4, -0.2) is 20.5 Å². The number of aromatic nitrogens is 1. The summed E-state index contributed by atoms with van der Waals surface area (Å²) in [7, 11) is -2.11. The van der Waals surface area contributed by atoms with Crippen LogP contribution < -0.4 is 20.7 Å². The smallest absolute Gasteiger partial charge is 0.242 e. The molecule has 0 spiro atoms. The Morgan fingerprint density at radius 1 is 1.24 bits per heavy atom. The highest BCUT2D eigenvalue weighted by molar-refractivity contribution is 7.89. The molecule has 21 heavy (non-hydrogen) atoms. The lowest BCUT2D eigenvalue weighted by Crippen LogP contribution is -2.23. The number of nitrogens with one attached hydrogen (secondary N) is 2. The normalized spacial score (nSPS) is 11.1. The van der Waals surface area contributed by atoms with Gasteiger partial charge >= 0.3 is 0 Å². The maximum absolute atomic E-state index is 12.2. The summed E-state index contributed by atoms with van der Waals surface area (Å²) in [5, 5.41) is 0. The van der Waals surface area contributed by atoms with E-state index >= 15 is 0 Å². The third-order valence-corrected chi connectivity index (χ3v) is 4.23. The number of hydrazine groups is 1. The van der Waals surface area contributed by atoms with E-state index in [1.54, 1.807) is 12.1 Å². The Morgan fingerprint density at radius 3 is 2.62 bits per heavy atom. The van der Waals surface area contributed by atoms with Crippen molar-refractivity contribution in [2.45, 2.75) is 11.4 Å². The predicted molar refractivity (Wildman–Crippen MR) is 79.1 cm³/mol. The van der Waals surface area contributed by atoms with Crippen LogP contribution in [0.2, 0.25) is 0 Å². The average Bonchev–Trinajstić information content (AvgIpc) is 2.53. The monoisotopic (exact) mass is 308 g/mol. The molecule has 4 N–H and O–H groups in total. The third-order valence-electron chi connectivity index (χ3n) is 2.84. The molecule has 0 bridgehead atoms. The molecule has 2 aromatic rings. The summed E-state index contributed by atoms with van der Waals surface area (Å²) >= 11 is 0. The molecule has 1 aromatic heterocycles. The minimum Gasteiger partial charge on any atom is -0.496 e. The van der Waals surface area contributed by atoms with E-state index in [0.29, 0.717) is 11.6 Å². The van der Waals surface area contributed by atoms with Crippen LogP contribution in [0, 0.1) is 0 Å². The van der Waals surface area contributed by atoms with Crippen molar-refractivity contribution in [1.82, 2.24) is 9.71 Å². The molecule has 0 saturated carbocycles. The number of hydrogen-bond acceptors (Lipinski definition) is 6. The summed E-state index contributed by atoms with van der Waals surface area (Å²) in [6.07, 6.45) is 1.24. The van der Waals surface area contributed by atoms with Crippen molar-refractivity contribution in [2.75, 3.05) is 12.5 Å². The van der Waals surface area contributed by atoms with Gasteiger partial charge in [-0.2, -0.15) is 0 Å². The number of nitrogens with zero attached hydrogens (tertiary/aromatic N) is 1. The van der Waals surface area contributed by atoms with Gasteiger partial charge in [0.15, 0.2) is 0 Å². The molecule has 0 aliphatic carbocycles. The Balaban J connectivity index is 2.13. The number of anilines is 1. The number of nitrogens with two attached hydrogens (primary N) is 1. The molecule has 0 aliphatic rings. The summed E-state index contributed by atoms with van der Waals surface area (Å²) in [6.45, 7) is 0.128. The van der Waals surface area contributed by atoms with E-state index in [-0.39, 0.29) is 11.4 Å². The molecule has 0 radical (unpaired) electrons. The van der Waals surface area contributed by atoms with Gasteiger partial charge < -0.3 is 10.2 Å². The highest BCUT2D eigenvalue weighted by Crippen LogP contribution is 2.18. The lowest BCUT2D eigenvalue weighted by Gasteiger charge is -2.10. The number of pyridine rings is 1. The van der Waals surface area contributed by atoms with E-state index in [9.17, 15) is 8.42 Å². The molecule has 112 valence electrons. The molecule has 7 nitrogen and oxygen atoms in total. The summed E-state index contributed by atoms with van der Waals surface area (Å²) in [6, 6.07) is 10.1. The van der Waals surface area contributed by atoms with Crippen LogP contribution in [0.15, 0.2) is 47.5 Å². The SMILES string of the molecule is COc1ccccc1CNS(=O)(=O)c1ccc(NN)nc1. The van der Waals surface area contributed by atoms with Crippen molar-refractivity contribution in [3.63, 3.8) is 0 Å². The number of sulfonamides is 1. The molecule has 0 saturated heterocycles. The van der Waals surface area contributed by atoms with E-state index in [1.165, 1.54) is 25.4 Å². The number of nitrogen functional groups attached to an aromatic ring is 1. The fraction of sp³-hybridized carbons (Fsp3) is 0.154. The maximum Gasteiger partial charge on any atom is 0.242 e. The van der Waals surface area contributed by atoms with Gasteiger partial charge in [0.2, 0.25) is 10.0 Å². The molecule has 0 atom stereocenters. The molecule has 0 aliphatic heterocycles. The highest BCUT2D eigenvalue weighted by atomic mass is 32.2. The van der Waals surface area contributed by atoms with Crippen LogP contribution in [0.3, 0.4) is 0 Å². The number of methoxy groups -OCH3 is 1. The molecular weight excluding hydrogens is 292 g/mol. The first-order valence-electron chi connectivity index (χ1n) is 6.11. The fourth-order valence-electron chi connectivity index (χ4n) is 1.73. The Bertz CT molecular complexity index is 702. The number of para-hydroxylation sites is 1. The summed E-state index contributed by atoms with van der Waals surface area (Å²) < 4.78 is 32.0. The number of rotatable bonds is 6. The Hall–Kier alpha value is -2.16. The quantitative estimate of drug-likeness (QED) is 0.539. The van der Waals surface area contributed by atoms with E-state index < -0.39 is 10.0 Å². The van der Waals surface area contributed by atoms with E-state index in [0.717, 1.165) is 5.56 Å².